The summed E-state index contributed by atoms with van der Waals surface area (Å²) in [7, 11) is 1.49. The molecule has 0 aliphatic carbocycles. The molecule has 1 saturated heterocycles. The molecule has 0 spiro atoms. The zero-order chi connectivity index (χ0) is 33.3. The largest absolute Gasteiger partial charge is 0.480 e. The molecule has 5 atom stereocenters. The second-order valence-corrected chi connectivity index (χ2v) is 11.7. The van der Waals surface area contributed by atoms with Crippen LogP contribution in [0.3, 0.4) is 0 Å². The summed E-state index contributed by atoms with van der Waals surface area (Å²) in [6, 6.07) is 12.9. The molecular weight excluding hydrogens is 576 g/mol. The lowest BCUT2D eigenvalue weighted by Gasteiger charge is -2.45. The van der Waals surface area contributed by atoms with Gasteiger partial charge in [0.2, 0.25) is 17.7 Å². The molecule has 0 bridgehead atoms. The van der Waals surface area contributed by atoms with Crippen LogP contribution in [-0.2, 0) is 36.9 Å². The van der Waals surface area contributed by atoms with Crippen molar-refractivity contribution < 1.29 is 33.8 Å². The van der Waals surface area contributed by atoms with E-state index in [4.69, 9.17) is 4.74 Å². The summed E-state index contributed by atoms with van der Waals surface area (Å²) >= 11 is 0. The van der Waals surface area contributed by atoms with Gasteiger partial charge in [0.25, 0.3) is 0 Å². The maximum absolute atomic E-state index is 13.6. The van der Waals surface area contributed by atoms with Crippen LogP contribution in [0.25, 0.3) is 0 Å². The number of benzene rings is 2. The second kappa shape index (κ2) is 16.1. The molecule has 1 aliphatic rings. The first-order valence-electron chi connectivity index (χ1n) is 15.5. The minimum Gasteiger partial charge on any atom is -0.480 e. The van der Waals surface area contributed by atoms with Crippen molar-refractivity contribution in [2.24, 2.45) is 5.92 Å². The normalized spacial score (nSPS) is 16.8. The molecule has 11 heteroatoms. The number of rotatable bonds is 14. The topological polar surface area (TPSA) is 137 Å². The monoisotopic (exact) mass is 622 g/mol. The minimum absolute atomic E-state index is 0.0473. The molecule has 45 heavy (non-hydrogen) atoms. The van der Waals surface area contributed by atoms with Crippen LogP contribution in [0.15, 0.2) is 54.6 Å². The number of likely N-dealkylation sites (N-methyl/N-ethyl adjacent to an activating group) is 2. The van der Waals surface area contributed by atoms with Crippen molar-refractivity contribution in [3.05, 3.63) is 71.3 Å². The van der Waals surface area contributed by atoms with E-state index in [1.54, 1.807) is 13.8 Å². The van der Waals surface area contributed by atoms with E-state index in [-0.39, 0.29) is 25.5 Å². The third-order valence-electron chi connectivity index (χ3n) is 8.67. The number of carboxylic acids is 1. The number of aliphatic carboxylic acids is 1. The third-order valence-corrected chi connectivity index (χ3v) is 8.67. The van der Waals surface area contributed by atoms with Crippen molar-refractivity contribution in [3.63, 3.8) is 0 Å². The van der Waals surface area contributed by atoms with Crippen LogP contribution in [0.2, 0.25) is 0 Å². The summed E-state index contributed by atoms with van der Waals surface area (Å²) in [5.41, 5.74) is 2.65. The predicted molar refractivity (Wildman–Crippen MR) is 169 cm³/mol. The summed E-state index contributed by atoms with van der Waals surface area (Å²) < 4.78 is 5.33. The first kappa shape index (κ1) is 35.1. The zero-order valence-corrected chi connectivity index (χ0v) is 27.1. The number of hydrogen-bond donors (Lipinski definition) is 2. The van der Waals surface area contributed by atoms with E-state index in [1.165, 1.54) is 21.7 Å². The van der Waals surface area contributed by atoms with E-state index in [9.17, 15) is 29.1 Å². The maximum Gasteiger partial charge on any atom is 0.408 e. The Morgan fingerprint density at radius 1 is 1.00 bits per heavy atom. The summed E-state index contributed by atoms with van der Waals surface area (Å²) in [5.74, 6) is -2.67. The van der Waals surface area contributed by atoms with Crippen LogP contribution in [0.4, 0.5) is 4.79 Å². The maximum atomic E-state index is 13.6. The Balaban J connectivity index is 1.67. The molecule has 0 aromatic heterocycles. The molecule has 0 unspecified atom stereocenters. The van der Waals surface area contributed by atoms with Crippen molar-refractivity contribution in [1.82, 2.24) is 20.0 Å². The van der Waals surface area contributed by atoms with Crippen molar-refractivity contribution in [3.8, 4) is 0 Å². The van der Waals surface area contributed by atoms with Crippen LogP contribution < -0.4 is 5.32 Å². The lowest BCUT2D eigenvalue weighted by atomic mass is 9.96. The van der Waals surface area contributed by atoms with Gasteiger partial charge in [-0.25, -0.2) is 9.59 Å². The van der Waals surface area contributed by atoms with Gasteiger partial charge < -0.3 is 29.9 Å². The fourth-order valence-electron chi connectivity index (χ4n) is 5.30. The number of carbonyl (C=O) groups is 5. The van der Waals surface area contributed by atoms with Crippen LogP contribution in [0.5, 0.6) is 0 Å². The Morgan fingerprint density at radius 3 is 2.18 bits per heavy atom. The molecule has 0 radical (unpaired) electrons. The highest BCUT2D eigenvalue weighted by atomic mass is 16.5. The van der Waals surface area contributed by atoms with E-state index in [2.05, 4.69) is 5.32 Å². The zero-order valence-electron chi connectivity index (χ0n) is 27.1. The number of carboxylic acid groups (broad SMARTS) is 1. The van der Waals surface area contributed by atoms with Crippen LogP contribution in [0.1, 0.15) is 57.2 Å². The third kappa shape index (κ3) is 8.83. The number of likely N-dealkylation sites (tertiary alicyclic amines) is 1. The average Bonchev–Trinajstić information content (AvgIpc) is 3.01. The van der Waals surface area contributed by atoms with Gasteiger partial charge in [0.15, 0.2) is 0 Å². The van der Waals surface area contributed by atoms with E-state index in [0.29, 0.717) is 19.4 Å². The number of nitrogens with zero attached hydrogens (tertiary/aromatic N) is 3. The fourth-order valence-corrected chi connectivity index (χ4v) is 5.30. The van der Waals surface area contributed by atoms with Crippen molar-refractivity contribution in [1.29, 1.82) is 0 Å². The minimum atomic E-state index is -1.12. The highest BCUT2D eigenvalue weighted by molar-refractivity contribution is 5.95. The molecule has 0 saturated carbocycles. The van der Waals surface area contributed by atoms with E-state index in [0.717, 1.165) is 16.7 Å². The molecule has 1 aliphatic heterocycles. The Bertz CT molecular complexity index is 1330. The van der Waals surface area contributed by atoms with Crippen LogP contribution in [0, 0.1) is 12.8 Å². The highest BCUT2D eigenvalue weighted by Gasteiger charge is 2.45. The number of aryl methyl sites for hydroxylation is 1. The molecule has 2 N–H and O–H groups in total. The Labute approximate surface area is 265 Å². The molecule has 1 heterocycles. The van der Waals surface area contributed by atoms with Gasteiger partial charge >= 0.3 is 12.1 Å². The fraction of sp³-hybridized carbons (Fsp3) is 0.500. The second-order valence-electron chi connectivity index (χ2n) is 11.7. The molecule has 3 rings (SSSR count). The van der Waals surface area contributed by atoms with Gasteiger partial charge in [-0.3, -0.25) is 14.4 Å². The Hall–Kier alpha value is -4.41. The number of nitrogens with one attached hydrogen (secondary N) is 1. The predicted octanol–water partition coefficient (Wildman–Crippen LogP) is 3.63. The lowest BCUT2D eigenvalue weighted by Crippen LogP contribution is -2.64. The van der Waals surface area contributed by atoms with Gasteiger partial charge in [-0.05, 0) is 44.2 Å². The molecule has 1 fully saturated rings. The van der Waals surface area contributed by atoms with Gasteiger partial charge in [0.05, 0.1) is 0 Å². The molecular formula is C34H46N4O7. The molecule has 244 valence electrons. The number of ether oxygens (including phenoxy) is 1. The average molecular weight is 623 g/mol. The number of carbonyl (C=O) groups excluding carboxylic acids is 4. The van der Waals surface area contributed by atoms with Crippen molar-refractivity contribution >= 4 is 29.8 Å². The first-order valence-corrected chi connectivity index (χ1v) is 15.5. The number of amides is 4. The van der Waals surface area contributed by atoms with Gasteiger partial charge in [-0.1, -0.05) is 80.4 Å². The van der Waals surface area contributed by atoms with E-state index in [1.807, 2.05) is 75.4 Å². The number of alkyl carbamates (subject to hydrolysis) is 1. The number of hydrogen-bond acceptors (Lipinski definition) is 6. The van der Waals surface area contributed by atoms with E-state index < -0.39 is 54.0 Å². The molecule has 2 aromatic carbocycles. The van der Waals surface area contributed by atoms with Crippen molar-refractivity contribution in [2.45, 2.75) is 84.7 Å². The Kier molecular flexibility index (Phi) is 12.5. The van der Waals surface area contributed by atoms with Crippen LogP contribution >= 0.6 is 0 Å². The lowest BCUT2D eigenvalue weighted by molar-refractivity contribution is -0.161. The van der Waals surface area contributed by atoms with Gasteiger partial charge in [-0.2, -0.15) is 0 Å². The molecule has 2 aromatic rings. The van der Waals surface area contributed by atoms with E-state index >= 15 is 0 Å². The summed E-state index contributed by atoms with van der Waals surface area (Å²) in [6.07, 6.45) is 0.388. The quantitative estimate of drug-likeness (QED) is 0.328. The summed E-state index contributed by atoms with van der Waals surface area (Å²) in [5, 5.41) is 12.7. The van der Waals surface area contributed by atoms with Gasteiger partial charge in [0.1, 0.15) is 30.8 Å². The van der Waals surface area contributed by atoms with Crippen molar-refractivity contribution in [2.75, 3.05) is 20.1 Å². The van der Waals surface area contributed by atoms with Crippen LogP contribution in [-0.4, -0.2) is 93.9 Å². The SMILES string of the molecule is CC[C@H](C)[C@H](NC(=O)OCc1ccccc1)C(=O)N(C)[C@@H](C)C(=O)N1CC[C@H]1C(=O)N(CC)[C@@H](Cc1ccc(C)cc1)C(=O)O. The van der Waals surface area contributed by atoms with Gasteiger partial charge in [-0.15, -0.1) is 0 Å². The summed E-state index contributed by atoms with van der Waals surface area (Å²) in [6.45, 7) is 9.49. The molecule has 4 amide bonds. The smallest absolute Gasteiger partial charge is 0.408 e. The highest BCUT2D eigenvalue weighted by Crippen LogP contribution is 2.24. The van der Waals surface area contributed by atoms with Gasteiger partial charge in [0, 0.05) is 26.6 Å². The Morgan fingerprint density at radius 2 is 1.64 bits per heavy atom. The molecule has 11 nitrogen and oxygen atoms in total. The summed E-state index contributed by atoms with van der Waals surface area (Å²) in [4.78, 5) is 69.7. The first-order chi connectivity index (χ1) is 21.4. The standard InChI is InChI=1S/C34H46N4O7/c1-7-23(4)29(35-34(44)45-21-26-12-10-9-11-13-26)32(41)36(6)24(5)30(39)38-19-18-27(38)31(40)37(8-2)28(33(42)43)20-25-16-14-22(3)15-17-25/h9-17,23-24,27-29H,7-8,18-21H2,1-6H3,(H,35,44)(H,42,43)/t23-,24-,27-,28-,29-/m0/s1.